The molecule has 5 nitrogen and oxygen atoms in total. The summed E-state index contributed by atoms with van der Waals surface area (Å²) in [6.07, 6.45) is 1.21. The number of sulfonamides is 1. The van der Waals surface area contributed by atoms with Crippen molar-refractivity contribution in [2.24, 2.45) is 0 Å². The van der Waals surface area contributed by atoms with Gasteiger partial charge in [0.05, 0.1) is 10.6 Å². The van der Waals surface area contributed by atoms with E-state index in [1.807, 2.05) is 6.07 Å². The van der Waals surface area contributed by atoms with E-state index in [1.165, 1.54) is 18.3 Å². The van der Waals surface area contributed by atoms with Crippen LogP contribution in [0.3, 0.4) is 0 Å². The van der Waals surface area contributed by atoms with Gasteiger partial charge < -0.3 is 0 Å². The second kappa shape index (κ2) is 5.45. The molecule has 0 radical (unpaired) electrons. The number of pyridine rings is 1. The van der Waals surface area contributed by atoms with Gasteiger partial charge in [-0.3, -0.25) is 4.72 Å². The van der Waals surface area contributed by atoms with Crippen LogP contribution in [0, 0.1) is 17.1 Å². The topological polar surface area (TPSA) is 82.9 Å². The van der Waals surface area contributed by atoms with Gasteiger partial charge >= 0.3 is 0 Å². The van der Waals surface area contributed by atoms with Gasteiger partial charge in [-0.25, -0.2) is 17.8 Å². The number of hydrogen-bond acceptors (Lipinski definition) is 4. The Kier molecular flexibility index (Phi) is 3.88. The number of anilines is 1. The minimum absolute atomic E-state index is 0.00401. The van der Waals surface area contributed by atoms with Crippen LogP contribution in [-0.4, -0.2) is 13.4 Å². The summed E-state index contributed by atoms with van der Waals surface area (Å²) < 4.78 is 39.4. The molecule has 1 N–H and O–H groups in total. The van der Waals surface area contributed by atoms with Gasteiger partial charge in [0.25, 0.3) is 10.0 Å². The Morgan fingerprint density at radius 2 is 2.05 bits per heavy atom. The third-order valence-electron chi connectivity index (χ3n) is 2.31. The third-order valence-corrected chi connectivity index (χ3v) is 4.15. The summed E-state index contributed by atoms with van der Waals surface area (Å²) >= 11 is 5.75. The van der Waals surface area contributed by atoms with E-state index in [9.17, 15) is 12.8 Å². The first-order valence-electron chi connectivity index (χ1n) is 5.26. The predicted molar refractivity (Wildman–Crippen MR) is 71.2 cm³/mol. The molecule has 0 aliphatic rings. The number of nitrogens with one attached hydrogen (secondary N) is 1. The molecule has 0 unspecified atom stereocenters. The smallest absolute Gasteiger partial charge is 0.263 e. The van der Waals surface area contributed by atoms with Crippen molar-refractivity contribution in [2.75, 3.05) is 4.72 Å². The molecule has 0 amide bonds. The largest absolute Gasteiger partial charge is 0.264 e. The molecule has 0 spiro atoms. The van der Waals surface area contributed by atoms with Crippen molar-refractivity contribution in [3.05, 3.63) is 52.9 Å². The quantitative estimate of drug-likeness (QED) is 0.944. The van der Waals surface area contributed by atoms with Crippen LogP contribution in [0.25, 0.3) is 0 Å². The lowest BCUT2D eigenvalue weighted by molar-refractivity contribution is 0.595. The Hall–Kier alpha value is -2.17. The van der Waals surface area contributed by atoms with Crippen LogP contribution in [-0.2, 0) is 10.0 Å². The van der Waals surface area contributed by atoms with E-state index in [0.717, 1.165) is 18.2 Å². The third kappa shape index (κ3) is 3.04. The molecule has 0 bridgehead atoms. The number of rotatable bonds is 3. The summed E-state index contributed by atoms with van der Waals surface area (Å²) in [5.41, 5.74) is 0.289. The number of aromatic nitrogens is 1. The zero-order valence-corrected chi connectivity index (χ0v) is 11.4. The normalized spacial score (nSPS) is 10.8. The molecule has 2 rings (SSSR count). The molecule has 20 heavy (non-hydrogen) atoms. The molecule has 0 saturated heterocycles. The fourth-order valence-corrected chi connectivity index (χ4v) is 2.92. The first-order chi connectivity index (χ1) is 9.42. The number of nitrogens with zero attached hydrogens (tertiary/aromatic N) is 2. The molecule has 1 aromatic heterocycles. The molecule has 0 aliphatic heterocycles. The Labute approximate surface area is 119 Å². The highest BCUT2D eigenvalue weighted by Crippen LogP contribution is 2.24. The fraction of sp³-hybridized carbons (Fsp3) is 0. The van der Waals surface area contributed by atoms with Gasteiger partial charge in [-0.1, -0.05) is 11.6 Å². The van der Waals surface area contributed by atoms with Crippen molar-refractivity contribution in [1.29, 1.82) is 5.26 Å². The van der Waals surface area contributed by atoms with Crippen molar-refractivity contribution in [3.63, 3.8) is 0 Å². The van der Waals surface area contributed by atoms with E-state index in [1.54, 1.807) is 0 Å². The Morgan fingerprint density at radius 3 is 2.65 bits per heavy atom. The lowest BCUT2D eigenvalue weighted by atomic mass is 10.3. The van der Waals surface area contributed by atoms with Crippen LogP contribution < -0.4 is 4.72 Å². The van der Waals surface area contributed by atoms with Gasteiger partial charge in [-0.2, -0.15) is 5.26 Å². The zero-order chi connectivity index (χ0) is 14.8. The van der Waals surface area contributed by atoms with E-state index >= 15 is 0 Å². The van der Waals surface area contributed by atoms with Crippen molar-refractivity contribution in [2.45, 2.75) is 4.90 Å². The number of nitriles is 1. The molecular formula is C12H7ClFN3O2S. The van der Waals surface area contributed by atoms with Crippen LogP contribution in [0.1, 0.15) is 5.56 Å². The van der Waals surface area contributed by atoms with Crippen molar-refractivity contribution < 1.29 is 12.8 Å². The molecule has 0 fully saturated rings. The minimum Gasteiger partial charge on any atom is -0.263 e. The van der Waals surface area contributed by atoms with Crippen LogP contribution in [0.4, 0.5) is 10.2 Å². The van der Waals surface area contributed by atoms with E-state index < -0.39 is 15.8 Å². The summed E-state index contributed by atoms with van der Waals surface area (Å²) in [6, 6.07) is 7.60. The first-order valence-corrected chi connectivity index (χ1v) is 7.12. The second-order valence-electron chi connectivity index (χ2n) is 3.72. The number of hydrogen-bond donors (Lipinski definition) is 1. The zero-order valence-electron chi connectivity index (χ0n) is 9.84. The summed E-state index contributed by atoms with van der Waals surface area (Å²) in [4.78, 5) is 3.38. The molecule has 2 aromatic rings. The molecule has 102 valence electrons. The molecule has 8 heteroatoms. The Bertz CT molecular complexity index is 785. The Morgan fingerprint density at radius 1 is 1.30 bits per heavy atom. The predicted octanol–water partition coefficient (Wildman–Crippen LogP) is 2.55. The highest BCUT2D eigenvalue weighted by atomic mass is 35.5. The van der Waals surface area contributed by atoms with Crippen LogP contribution in [0.2, 0.25) is 5.02 Å². The summed E-state index contributed by atoms with van der Waals surface area (Å²) in [5, 5.41) is 8.51. The van der Waals surface area contributed by atoms with Crippen LogP contribution >= 0.6 is 11.6 Å². The van der Waals surface area contributed by atoms with E-state index in [0.29, 0.717) is 0 Å². The lowest BCUT2D eigenvalue weighted by Crippen LogP contribution is -2.14. The molecule has 1 heterocycles. The fourth-order valence-electron chi connectivity index (χ4n) is 1.40. The summed E-state index contributed by atoms with van der Waals surface area (Å²) in [6.45, 7) is 0. The van der Waals surface area contributed by atoms with Crippen molar-refractivity contribution >= 4 is 27.4 Å². The number of benzene rings is 1. The van der Waals surface area contributed by atoms with Crippen molar-refractivity contribution in [3.8, 4) is 6.07 Å². The van der Waals surface area contributed by atoms with E-state index in [-0.39, 0.29) is 21.3 Å². The SMILES string of the molecule is N#Cc1ccc(NS(=O)(=O)c2cc(F)ccc2Cl)nc1. The highest BCUT2D eigenvalue weighted by molar-refractivity contribution is 7.92. The molecule has 0 aliphatic carbocycles. The van der Waals surface area contributed by atoms with Gasteiger partial charge in [-0.05, 0) is 30.3 Å². The minimum atomic E-state index is -4.05. The van der Waals surface area contributed by atoms with Gasteiger partial charge in [0.1, 0.15) is 22.6 Å². The summed E-state index contributed by atoms with van der Waals surface area (Å²) in [7, 11) is -4.05. The molecule has 0 atom stereocenters. The maximum atomic E-state index is 13.1. The highest BCUT2D eigenvalue weighted by Gasteiger charge is 2.19. The standard InChI is InChI=1S/C12H7ClFN3O2S/c13-10-3-2-9(14)5-11(10)20(18,19)17-12-4-1-8(6-15)7-16-12/h1-5,7H,(H,16,17). The molecular weight excluding hydrogens is 305 g/mol. The Balaban J connectivity index is 2.35. The van der Waals surface area contributed by atoms with E-state index in [2.05, 4.69) is 9.71 Å². The van der Waals surface area contributed by atoms with Crippen molar-refractivity contribution in [1.82, 2.24) is 4.98 Å². The molecule has 1 aromatic carbocycles. The maximum absolute atomic E-state index is 13.1. The average Bonchev–Trinajstić information content (AvgIpc) is 2.42. The van der Waals surface area contributed by atoms with Gasteiger partial charge in [-0.15, -0.1) is 0 Å². The average molecular weight is 312 g/mol. The van der Waals surface area contributed by atoms with Gasteiger partial charge in [0, 0.05) is 6.20 Å². The first kappa shape index (κ1) is 14.2. The van der Waals surface area contributed by atoms with E-state index in [4.69, 9.17) is 16.9 Å². The number of halogens is 2. The van der Waals surface area contributed by atoms with Gasteiger partial charge in [0.15, 0.2) is 0 Å². The monoisotopic (exact) mass is 311 g/mol. The lowest BCUT2D eigenvalue weighted by Gasteiger charge is -2.08. The second-order valence-corrected chi connectivity index (χ2v) is 5.78. The summed E-state index contributed by atoms with van der Waals surface area (Å²) in [5.74, 6) is -0.716. The van der Waals surface area contributed by atoms with Crippen LogP contribution in [0.15, 0.2) is 41.4 Å². The van der Waals surface area contributed by atoms with Gasteiger partial charge in [0.2, 0.25) is 0 Å². The van der Waals surface area contributed by atoms with Crippen LogP contribution in [0.5, 0.6) is 0 Å². The maximum Gasteiger partial charge on any atom is 0.264 e. The molecule has 0 saturated carbocycles.